The summed E-state index contributed by atoms with van der Waals surface area (Å²) in [6.07, 6.45) is 3.16. The number of benzene rings is 1. The number of nitrogens with two attached hydrogens (primary N) is 1. The minimum atomic E-state index is -1.07. The van der Waals surface area contributed by atoms with Gasteiger partial charge in [0.05, 0.1) is 6.04 Å². The summed E-state index contributed by atoms with van der Waals surface area (Å²) < 4.78 is 41.7. The minimum Gasteiger partial charge on any atom is -0.334 e. The van der Waals surface area contributed by atoms with Gasteiger partial charge in [-0.1, -0.05) is 0 Å². The van der Waals surface area contributed by atoms with E-state index in [-0.39, 0.29) is 5.56 Å². The summed E-state index contributed by atoms with van der Waals surface area (Å²) in [5.74, 6) is -2.65. The van der Waals surface area contributed by atoms with Crippen LogP contribution in [-0.2, 0) is 6.54 Å². The average Bonchev–Trinajstić information content (AvgIpc) is 2.75. The van der Waals surface area contributed by atoms with E-state index in [2.05, 4.69) is 4.98 Å². The number of aromatic nitrogens is 2. The van der Waals surface area contributed by atoms with Gasteiger partial charge in [0.25, 0.3) is 0 Å². The van der Waals surface area contributed by atoms with Gasteiger partial charge in [0, 0.05) is 36.6 Å². The van der Waals surface area contributed by atoms with Crippen LogP contribution in [0.5, 0.6) is 0 Å². The average molecular weight is 255 g/mol. The van der Waals surface area contributed by atoms with Crippen LogP contribution in [-0.4, -0.2) is 9.55 Å². The first-order chi connectivity index (χ1) is 8.54. The standard InChI is InChI=1S/C12H12F3N3/c1-2-18-4-3-17-12(18)11(16)10-8(14)5-7(13)6-9(10)15/h3-6,11H,2,16H2,1H3. The summed E-state index contributed by atoms with van der Waals surface area (Å²) in [6.45, 7) is 2.43. The molecule has 0 spiro atoms. The molecule has 0 saturated heterocycles. The number of imidazole rings is 1. The van der Waals surface area contributed by atoms with E-state index in [1.54, 1.807) is 10.8 Å². The predicted molar refractivity (Wildman–Crippen MR) is 60.2 cm³/mol. The molecule has 96 valence electrons. The fourth-order valence-corrected chi connectivity index (χ4v) is 1.85. The van der Waals surface area contributed by atoms with Gasteiger partial charge in [0.1, 0.15) is 23.3 Å². The summed E-state index contributed by atoms with van der Waals surface area (Å²) in [4.78, 5) is 3.98. The van der Waals surface area contributed by atoms with Crippen LogP contribution in [0, 0.1) is 17.5 Å². The Morgan fingerprint density at radius 1 is 1.28 bits per heavy atom. The summed E-state index contributed by atoms with van der Waals surface area (Å²) in [7, 11) is 0. The zero-order valence-electron chi connectivity index (χ0n) is 9.70. The van der Waals surface area contributed by atoms with Crippen molar-refractivity contribution in [1.29, 1.82) is 0 Å². The van der Waals surface area contributed by atoms with Crippen molar-refractivity contribution in [1.82, 2.24) is 9.55 Å². The van der Waals surface area contributed by atoms with Gasteiger partial charge in [-0.05, 0) is 6.92 Å². The van der Waals surface area contributed by atoms with Crippen molar-refractivity contribution in [3.05, 3.63) is 53.4 Å². The van der Waals surface area contributed by atoms with Crippen LogP contribution >= 0.6 is 0 Å². The Labute approximate surface area is 102 Å². The highest BCUT2D eigenvalue weighted by Crippen LogP contribution is 2.24. The molecule has 1 atom stereocenters. The van der Waals surface area contributed by atoms with Gasteiger partial charge < -0.3 is 10.3 Å². The third kappa shape index (κ3) is 2.11. The van der Waals surface area contributed by atoms with Crippen LogP contribution in [0.4, 0.5) is 13.2 Å². The first kappa shape index (κ1) is 12.6. The fourth-order valence-electron chi connectivity index (χ4n) is 1.85. The molecule has 0 saturated carbocycles. The molecule has 0 aliphatic heterocycles. The van der Waals surface area contributed by atoms with Gasteiger partial charge >= 0.3 is 0 Å². The van der Waals surface area contributed by atoms with Crippen LogP contribution < -0.4 is 5.73 Å². The highest BCUT2D eigenvalue weighted by atomic mass is 19.1. The lowest BCUT2D eigenvalue weighted by Gasteiger charge is -2.15. The molecule has 6 heteroatoms. The van der Waals surface area contributed by atoms with E-state index in [1.165, 1.54) is 6.20 Å². The van der Waals surface area contributed by atoms with Crippen molar-refractivity contribution in [3.8, 4) is 0 Å². The van der Waals surface area contributed by atoms with Crippen LogP contribution in [0.25, 0.3) is 0 Å². The Kier molecular flexibility index (Phi) is 3.38. The molecule has 0 fully saturated rings. The van der Waals surface area contributed by atoms with Crippen LogP contribution in [0.15, 0.2) is 24.5 Å². The summed E-state index contributed by atoms with van der Waals surface area (Å²) >= 11 is 0. The highest BCUT2D eigenvalue weighted by molar-refractivity contribution is 5.28. The maximum Gasteiger partial charge on any atom is 0.134 e. The topological polar surface area (TPSA) is 43.8 Å². The lowest BCUT2D eigenvalue weighted by Crippen LogP contribution is -2.20. The van der Waals surface area contributed by atoms with Gasteiger partial charge in [0.15, 0.2) is 0 Å². The van der Waals surface area contributed by atoms with E-state index in [1.807, 2.05) is 6.92 Å². The maximum atomic E-state index is 13.6. The Balaban J connectivity index is 2.49. The molecule has 1 heterocycles. The SMILES string of the molecule is CCn1ccnc1C(N)c1c(F)cc(F)cc1F. The van der Waals surface area contributed by atoms with Gasteiger partial charge in [-0.2, -0.15) is 0 Å². The second kappa shape index (κ2) is 4.81. The Morgan fingerprint density at radius 3 is 2.44 bits per heavy atom. The second-order valence-corrected chi connectivity index (χ2v) is 3.83. The molecule has 0 radical (unpaired) electrons. The van der Waals surface area contributed by atoms with E-state index in [0.717, 1.165) is 0 Å². The number of nitrogens with zero attached hydrogens (tertiary/aromatic N) is 2. The lowest BCUT2D eigenvalue weighted by atomic mass is 10.1. The Bertz CT molecular complexity index is 542. The van der Waals surface area contributed by atoms with Crippen molar-refractivity contribution in [2.45, 2.75) is 19.5 Å². The summed E-state index contributed by atoms with van der Waals surface area (Å²) in [6, 6.07) is 0.148. The van der Waals surface area contributed by atoms with Gasteiger partial charge in [0.2, 0.25) is 0 Å². The normalized spacial score (nSPS) is 12.7. The first-order valence-corrected chi connectivity index (χ1v) is 5.45. The molecule has 2 N–H and O–H groups in total. The fraction of sp³-hybridized carbons (Fsp3) is 0.250. The molecule has 0 amide bonds. The summed E-state index contributed by atoms with van der Waals surface area (Å²) in [5, 5.41) is 0. The van der Waals surface area contributed by atoms with Crippen LogP contribution in [0.2, 0.25) is 0 Å². The molecule has 1 aromatic carbocycles. The van der Waals surface area contributed by atoms with Crippen molar-refractivity contribution in [2.24, 2.45) is 5.73 Å². The van der Waals surface area contributed by atoms with Crippen molar-refractivity contribution in [2.75, 3.05) is 0 Å². The predicted octanol–water partition coefficient (Wildman–Crippen LogP) is 2.37. The molecule has 0 aliphatic carbocycles. The van der Waals surface area contributed by atoms with Gasteiger partial charge in [-0.25, -0.2) is 18.2 Å². The molecular weight excluding hydrogens is 243 g/mol. The van der Waals surface area contributed by atoms with E-state index in [9.17, 15) is 13.2 Å². The quantitative estimate of drug-likeness (QED) is 0.915. The van der Waals surface area contributed by atoms with Crippen LogP contribution in [0.3, 0.4) is 0 Å². The van der Waals surface area contributed by atoms with Gasteiger partial charge in [-0.15, -0.1) is 0 Å². The largest absolute Gasteiger partial charge is 0.334 e. The molecule has 3 nitrogen and oxygen atoms in total. The molecular formula is C12H12F3N3. The zero-order valence-corrected chi connectivity index (χ0v) is 9.70. The van der Waals surface area contributed by atoms with Crippen molar-refractivity contribution < 1.29 is 13.2 Å². The Morgan fingerprint density at radius 2 is 1.89 bits per heavy atom. The lowest BCUT2D eigenvalue weighted by molar-refractivity contribution is 0.506. The molecule has 2 rings (SSSR count). The molecule has 1 unspecified atom stereocenters. The third-order valence-electron chi connectivity index (χ3n) is 2.72. The summed E-state index contributed by atoms with van der Waals surface area (Å²) in [5.41, 5.74) is 5.43. The molecule has 2 aromatic rings. The molecule has 18 heavy (non-hydrogen) atoms. The van der Waals surface area contributed by atoms with E-state index in [0.29, 0.717) is 24.5 Å². The number of hydrogen-bond acceptors (Lipinski definition) is 2. The van der Waals surface area contributed by atoms with E-state index in [4.69, 9.17) is 5.73 Å². The number of hydrogen-bond donors (Lipinski definition) is 1. The molecule has 0 bridgehead atoms. The number of rotatable bonds is 3. The highest BCUT2D eigenvalue weighted by Gasteiger charge is 2.22. The Hall–Kier alpha value is -1.82. The number of aryl methyl sites for hydroxylation is 1. The van der Waals surface area contributed by atoms with E-state index >= 15 is 0 Å². The third-order valence-corrected chi connectivity index (χ3v) is 2.72. The minimum absolute atomic E-state index is 0.335. The molecule has 0 aliphatic rings. The second-order valence-electron chi connectivity index (χ2n) is 3.83. The number of halogens is 3. The van der Waals surface area contributed by atoms with E-state index < -0.39 is 23.5 Å². The van der Waals surface area contributed by atoms with Crippen molar-refractivity contribution in [3.63, 3.8) is 0 Å². The van der Waals surface area contributed by atoms with Crippen molar-refractivity contribution >= 4 is 0 Å². The van der Waals surface area contributed by atoms with Crippen LogP contribution in [0.1, 0.15) is 24.4 Å². The zero-order chi connectivity index (χ0) is 13.3. The van der Waals surface area contributed by atoms with Gasteiger partial charge in [-0.3, -0.25) is 0 Å². The smallest absolute Gasteiger partial charge is 0.134 e. The maximum absolute atomic E-state index is 13.6. The molecule has 1 aromatic heterocycles. The first-order valence-electron chi connectivity index (χ1n) is 5.45. The monoisotopic (exact) mass is 255 g/mol.